The van der Waals surface area contributed by atoms with Crippen molar-refractivity contribution in [3.63, 3.8) is 0 Å². The highest BCUT2D eigenvalue weighted by molar-refractivity contribution is 6.38. The lowest BCUT2D eigenvalue weighted by Crippen LogP contribution is -2.05. The van der Waals surface area contributed by atoms with Crippen LogP contribution in [0.15, 0.2) is 36.4 Å². The van der Waals surface area contributed by atoms with E-state index in [0.29, 0.717) is 9.52 Å². The smallest absolute Gasteiger partial charge is 0.127 e. The topological polar surface area (TPSA) is 0 Å². The molecule has 1 atom stereocenters. The van der Waals surface area contributed by atoms with Crippen molar-refractivity contribution in [3.05, 3.63) is 59.2 Å². The summed E-state index contributed by atoms with van der Waals surface area (Å²) in [6.45, 7) is 2.03. The van der Waals surface area contributed by atoms with Gasteiger partial charge in [0.15, 0.2) is 0 Å². The van der Waals surface area contributed by atoms with Crippen LogP contribution in [0, 0.1) is 11.6 Å². The lowest BCUT2D eigenvalue weighted by Gasteiger charge is -2.10. The molecule has 1 aliphatic carbocycles. The predicted molar refractivity (Wildman–Crippen MR) is 65.3 cm³/mol. The van der Waals surface area contributed by atoms with Gasteiger partial charge in [0.2, 0.25) is 0 Å². The molecule has 0 bridgehead atoms. The molecule has 1 aliphatic rings. The number of hydrogen-bond donors (Lipinski definition) is 0. The Morgan fingerprint density at radius 1 is 1.06 bits per heavy atom. The number of halogens is 2. The molecule has 0 spiro atoms. The fourth-order valence-electron chi connectivity index (χ4n) is 2.54. The third-order valence-corrected chi connectivity index (χ3v) is 4.42. The predicted octanol–water partition coefficient (Wildman–Crippen LogP) is 3.79. The van der Waals surface area contributed by atoms with Crippen LogP contribution in [0.2, 0.25) is 6.55 Å². The largest absolute Gasteiger partial charge is 0.207 e. The highest BCUT2D eigenvalue weighted by atomic mass is 28.2. The minimum atomic E-state index is -0.250. The molecule has 0 heterocycles. The zero-order chi connectivity index (χ0) is 12.0. The summed E-state index contributed by atoms with van der Waals surface area (Å²) in [7, 11) is 0.532. The standard InChI is InChI=1S/C14H10F2Si/c1-17-14-11-7-8(15)5-6-9(11)10-3-2-4-12(16)13(10)14/h2-7,14H,1H3. The minimum Gasteiger partial charge on any atom is -0.207 e. The molecule has 2 radical (unpaired) electrons. The van der Waals surface area contributed by atoms with Gasteiger partial charge in [0.05, 0.1) is 9.52 Å². The monoisotopic (exact) mass is 244 g/mol. The van der Waals surface area contributed by atoms with Gasteiger partial charge in [-0.05, 0) is 40.5 Å². The number of benzene rings is 2. The van der Waals surface area contributed by atoms with Crippen molar-refractivity contribution in [1.82, 2.24) is 0 Å². The van der Waals surface area contributed by atoms with Crippen LogP contribution in [0.1, 0.15) is 16.7 Å². The van der Waals surface area contributed by atoms with Crippen molar-refractivity contribution < 1.29 is 8.78 Å². The Morgan fingerprint density at radius 2 is 1.88 bits per heavy atom. The lowest BCUT2D eigenvalue weighted by atomic mass is 10.1. The first-order valence-electron chi connectivity index (χ1n) is 5.48. The highest BCUT2D eigenvalue weighted by Gasteiger charge is 2.30. The van der Waals surface area contributed by atoms with Crippen LogP contribution < -0.4 is 0 Å². The maximum absolute atomic E-state index is 13.9. The fraction of sp³-hybridized carbons (Fsp3) is 0.143. The maximum atomic E-state index is 13.9. The molecule has 0 fully saturated rings. The number of hydrogen-bond acceptors (Lipinski definition) is 0. The van der Waals surface area contributed by atoms with Crippen molar-refractivity contribution >= 4 is 9.52 Å². The van der Waals surface area contributed by atoms with Gasteiger partial charge >= 0.3 is 0 Å². The Labute approximate surface area is 101 Å². The molecule has 84 valence electrons. The lowest BCUT2D eigenvalue weighted by molar-refractivity contribution is 0.613. The van der Waals surface area contributed by atoms with E-state index in [1.54, 1.807) is 12.1 Å². The Balaban J connectivity index is 2.33. The van der Waals surface area contributed by atoms with Crippen LogP contribution in [0.5, 0.6) is 0 Å². The van der Waals surface area contributed by atoms with E-state index >= 15 is 0 Å². The van der Waals surface area contributed by atoms with Gasteiger partial charge < -0.3 is 0 Å². The van der Waals surface area contributed by atoms with E-state index in [-0.39, 0.29) is 17.2 Å². The van der Waals surface area contributed by atoms with Gasteiger partial charge in [0.25, 0.3) is 0 Å². The highest BCUT2D eigenvalue weighted by Crippen LogP contribution is 2.45. The zero-order valence-corrected chi connectivity index (χ0v) is 10.3. The van der Waals surface area contributed by atoms with Gasteiger partial charge in [-0.1, -0.05) is 24.7 Å². The summed E-state index contributed by atoms with van der Waals surface area (Å²) in [6, 6.07) is 9.83. The summed E-state index contributed by atoms with van der Waals surface area (Å²) < 4.78 is 27.2. The Morgan fingerprint density at radius 3 is 2.65 bits per heavy atom. The second-order valence-electron chi connectivity index (χ2n) is 4.15. The second-order valence-corrected chi connectivity index (χ2v) is 5.31. The molecule has 17 heavy (non-hydrogen) atoms. The summed E-state index contributed by atoms with van der Waals surface area (Å²) >= 11 is 0. The third kappa shape index (κ3) is 1.46. The SMILES string of the molecule is C[Si]C1c2cc(F)ccc2-c2cccc(F)c21. The van der Waals surface area contributed by atoms with E-state index in [2.05, 4.69) is 0 Å². The van der Waals surface area contributed by atoms with E-state index in [0.717, 1.165) is 22.3 Å². The first-order chi connectivity index (χ1) is 8.22. The van der Waals surface area contributed by atoms with Gasteiger partial charge in [-0.2, -0.15) is 0 Å². The molecule has 2 aromatic rings. The summed E-state index contributed by atoms with van der Waals surface area (Å²) in [5.74, 6) is -0.432. The number of rotatable bonds is 1. The third-order valence-electron chi connectivity index (χ3n) is 3.25. The molecule has 0 saturated heterocycles. The van der Waals surface area contributed by atoms with Gasteiger partial charge in [-0.25, -0.2) is 8.78 Å². The van der Waals surface area contributed by atoms with Crippen LogP contribution in [0.25, 0.3) is 11.1 Å². The molecule has 2 aromatic carbocycles. The molecule has 1 unspecified atom stereocenters. The molecule has 3 rings (SSSR count). The molecule has 0 nitrogen and oxygen atoms in total. The van der Waals surface area contributed by atoms with Gasteiger partial charge in [0.1, 0.15) is 11.6 Å². The van der Waals surface area contributed by atoms with E-state index in [4.69, 9.17) is 0 Å². The Bertz CT molecular complexity index is 593. The van der Waals surface area contributed by atoms with E-state index in [1.165, 1.54) is 18.2 Å². The van der Waals surface area contributed by atoms with Gasteiger partial charge in [-0.3, -0.25) is 0 Å². The van der Waals surface area contributed by atoms with E-state index < -0.39 is 0 Å². The quantitative estimate of drug-likeness (QED) is 0.670. The molecule has 0 aliphatic heterocycles. The Kier molecular flexibility index (Phi) is 2.36. The van der Waals surface area contributed by atoms with Crippen molar-refractivity contribution in [2.24, 2.45) is 0 Å². The minimum absolute atomic E-state index is 0.0110. The van der Waals surface area contributed by atoms with Crippen molar-refractivity contribution in [2.75, 3.05) is 0 Å². The first kappa shape index (κ1) is 10.7. The summed E-state index contributed by atoms with van der Waals surface area (Å²) in [5, 5.41) is 0. The van der Waals surface area contributed by atoms with Crippen LogP contribution in [0.3, 0.4) is 0 Å². The normalized spacial score (nSPS) is 16.8. The first-order valence-corrected chi connectivity index (χ1v) is 7.05. The molecule has 3 heteroatoms. The zero-order valence-electron chi connectivity index (χ0n) is 9.30. The van der Waals surface area contributed by atoms with E-state index in [9.17, 15) is 8.78 Å². The second kappa shape index (κ2) is 3.77. The molecule has 0 N–H and O–H groups in total. The maximum Gasteiger partial charge on any atom is 0.127 e. The fourth-order valence-corrected chi connectivity index (χ4v) is 3.67. The van der Waals surface area contributed by atoms with E-state index in [1.807, 2.05) is 12.6 Å². The van der Waals surface area contributed by atoms with Gasteiger partial charge in [0, 0.05) is 5.54 Å². The van der Waals surface area contributed by atoms with Crippen LogP contribution >= 0.6 is 0 Å². The molecule has 0 saturated carbocycles. The average molecular weight is 244 g/mol. The van der Waals surface area contributed by atoms with Crippen molar-refractivity contribution in [1.29, 1.82) is 0 Å². The van der Waals surface area contributed by atoms with Crippen molar-refractivity contribution in [2.45, 2.75) is 12.1 Å². The number of fused-ring (bicyclic) bond motifs is 3. The Hall–Kier alpha value is -1.48. The summed E-state index contributed by atoms with van der Waals surface area (Å²) in [5.41, 5.74) is 3.55. The molecular formula is C14H10F2Si. The van der Waals surface area contributed by atoms with Crippen LogP contribution in [-0.4, -0.2) is 9.52 Å². The summed E-state index contributed by atoms with van der Waals surface area (Å²) in [6.07, 6.45) is 0. The molecule has 0 aromatic heterocycles. The molecule has 0 amide bonds. The van der Waals surface area contributed by atoms with Gasteiger partial charge in [-0.15, -0.1) is 0 Å². The molecular weight excluding hydrogens is 234 g/mol. The van der Waals surface area contributed by atoms with Crippen molar-refractivity contribution in [3.8, 4) is 11.1 Å². The van der Waals surface area contributed by atoms with Crippen LogP contribution in [-0.2, 0) is 0 Å². The summed E-state index contributed by atoms with van der Waals surface area (Å²) in [4.78, 5) is 0. The average Bonchev–Trinajstić information content (AvgIpc) is 2.63. The van der Waals surface area contributed by atoms with Crippen LogP contribution in [0.4, 0.5) is 8.78 Å².